The van der Waals surface area contributed by atoms with Crippen LogP contribution in [0, 0.1) is 0 Å². The highest BCUT2D eigenvalue weighted by Gasteiger charge is 2.35. The second-order valence-corrected chi connectivity index (χ2v) is 11.5. The van der Waals surface area contributed by atoms with Gasteiger partial charge in [0.2, 0.25) is 0 Å². The number of carbonyl (C=O) groups is 1. The monoisotopic (exact) mass is 606 g/mol. The Kier molecular flexibility index (Phi) is 8.50. The number of urea groups is 1. The van der Waals surface area contributed by atoms with Crippen molar-refractivity contribution in [3.05, 3.63) is 83.2 Å². The van der Waals surface area contributed by atoms with Crippen molar-refractivity contribution in [3.63, 3.8) is 0 Å². The van der Waals surface area contributed by atoms with E-state index in [-0.39, 0.29) is 23.7 Å². The Hall–Kier alpha value is -4.09. The molecule has 44 heavy (non-hydrogen) atoms. The van der Waals surface area contributed by atoms with E-state index in [1.165, 1.54) is 6.07 Å². The molecule has 2 aromatic carbocycles. The van der Waals surface area contributed by atoms with Crippen LogP contribution in [0.3, 0.4) is 0 Å². The molecule has 1 unspecified atom stereocenters. The summed E-state index contributed by atoms with van der Waals surface area (Å²) in [6, 6.07) is 13.3. The minimum absolute atomic E-state index is 0.0946. The maximum atomic E-state index is 14.1. The largest absolute Gasteiger partial charge is 0.457 e. The molecule has 2 amide bonds. The van der Waals surface area contributed by atoms with Gasteiger partial charge in [0.1, 0.15) is 17.1 Å². The molecule has 2 aliphatic rings. The first kappa shape index (κ1) is 30.0. The van der Waals surface area contributed by atoms with Gasteiger partial charge in [0, 0.05) is 69.8 Å². The van der Waals surface area contributed by atoms with Gasteiger partial charge in [0.05, 0.1) is 10.9 Å². The topological polar surface area (TPSA) is 76.7 Å². The SMILES string of the molecule is CCC1CN(C(=O)Nc2ccc(CN3CCN(CC)CC3)c(C(F)(F)F)c2)Cc2cc(Oc3ccnc4[nH]ccc34)ccc21. The number of nitrogens with zero attached hydrogens (tertiary/aromatic N) is 4. The number of piperazine rings is 1. The van der Waals surface area contributed by atoms with E-state index in [0.717, 1.165) is 67.4 Å². The van der Waals surface area contributed by atoms with E-state index >= 15 is 0 Å². The van der Waals surface area contributed by atoms with Crippen molar-refractivity contribution < 1.29 is 22.7 Å². The van der Waals surface area contributed by atoms with E-state index in [0.29, 0.717) is 24.6 Å². The van der Waals surface area contributed by atoms with Crippen LogP contribution >= 0.6 is 0 Å². The number of aromatic nitrogens is 2. The normalized spacial score (nSPS) is 17.9. The molecule has 11 heteroatoms. The van der Waals surface area contributed by atoms with Crippen molar-refractivity contribution in [3.8, 4) is 11.5 Å². The van der Waals surface area contributed by atoms with Crippen LogP contribution in [0.5, 0.6) is 11.5 Å². The van der Waals surface area contributed by atoms with E-state index < -0.39 is 17.8 Å². The van der Waals surface area contributed by atoms with E-state index in [4.69, 9.17) is 4.74 Å². The van der Waals surface area contributed by atoms with Crippen molar-refractivity contribution in [2.75, 3.05) is 44.6 Å². The van der Waals surface area contributed by atoms with Gasteiger partial charge in [-0.1, -0.05) is 26.0 Å². The number of ether oxygens (including phenoxy) is 1. The summed E-state index contributed by atoms with van der Waals surface area (Å²) in [6.45, 7) is 9.25. The molecule has 1 saturated heterocycles. The van der Waals surface area contributed by atoms with Crippen molar-refractivity contribution in [2.24, 2.45) is 0 Å². The van der Waals surface area contributed by atoms with Gasteiger partial charge in [0.25, 0.3) is 0 Å². The minimum Gasteiger partial charge on any atom is -0.457 e. The Morgan fingerprint density at radius 1 is 1.05 bits per heavy atom. The van der Waals surface area contributed by atoms with E-state index in [9.17, 15) is 18.0 Å². The van der Waals surface area contributed by atoms with Gasteiger partial charge >= 0.3 is 12.2 Å². The third kappa shape index (κ3) is 6.39. The molecule has 4 heterocycles. The number of likely N-dealkylation sites (N-methyl/N-ethyl adjacent to an activating group) is 1. The molecule has 0 aliphatic carbocycles. The molecule has 0 bridgehead atoms. The van der Waals surface area contributed by atoms with Crippen molar-refractivity contribution in [1.82, 2.24) is 24.7 Å². The zero-order chi connectivity index (χ0) is 30.8. The van der Waals surface area contributed by atoms with E-state index in [1.807, 2.05) is 24.3 Å². The molecule has 6 rings (SSSR count). The summed E-state index contributed by atoms with van der Waals surface area (Å²) >= 11 is 0. The molecule has 4 aromatic rings. The third-order valence-corrected chi connectivity index (χ3v) is 8.76. The lowest BCUT2D eigenvalue weighted by Crippen LogP contribution is -2.45. The maximum absolute atomic E-state index is 14.1. The summed E-state index contributed by atoms with van der Waals surface area (Å²) in [4.78, 5) is 26.8. The van der Waals surface area contributed by atoms with E-state index in [1.54, 1.807) is 29.4 Å². The lowest BCUT2D eigenvalue weighted by molar-refractivity contribution is -0.138. The molecule has 2 aromatic heterocycles. The fraction of sp³-hybridized carbons (Fsp3) is 0.394. The Labute approximate surface area is 254 Å². The number of nitrogens with one attached hydrogen (secondary N) is 2. The number of carbonyl (C=O) groups excluding carboxylic acids is 1. The van der Waals surface area contributed by atoms with Gasteiger partial charge in [-0.3, -0.25) is 4.90 Å². The molecular formula is C33H37F3N6O2. The lowest BCUT2D eigenvalue weighted by Gasteiger charge is -2.35. The number of pyridine rings is 1. The van der Waals surface area contributed by atoms with Gasteiger partial charge in [-0.25, -0.2) is 9.78 Å². The number of benzene rings is 2. The number of H-pyrrole nitrogens is 1. The number of fused-ring (bicyclic) bond motifs is 2. The van der Waals surface area contributed by atoms with Crippen molar-refractivity contribution >= 4 is 22.8 Å². The van der Waals surface area contributed by atoms with Gasteiger partial charge in [0.15, 0.2) is 0 Å². The average Bonchev–Trinajstić information content (AvgIpc) is 3.51. The minimum atomic E-state index is -4.53. The molecule has 0 spiro atoms. The summed E-state index contributed by atoms with van der Waals surface area (Å²) in [5.74, 6) is 1.40. The Morgan fingerprint density at radius 2 is 1.84 bits per heavy atom. The number of alkyl halides is 3. The van der Waals surface area contributed by atoms with Crippen LogP contribution in [0.15, 0.2) is 60.9 Å². The molecule has 0 saturated carbocycles. The first-order chi connectivity index (χ1) is 21.2. The van der Waals surface area contributed by atoms with E-state index in [2.05, 4.69) is 38.9 Å². The lowest BCUT2D eigenvalue weighted by atomic mass is 9.88. The highest BCUT2D eigenvalue weighted by Crippen LogP contribution is 2.37. The molecule has 232 valence electrons. The zero-order valence-electron chi connectivity index (χ0n) is 25.0. The van der Waals surface area contributed by atoms with Gasteiger partial charge in [-0.05, 0) is 66.1 Å². The fourth-order valence-corrected chi connectivity index (χ4v) is 6.23. The van der Waals surface area contributed by atoms with Crippen LogP contribution in [0.2, 0.25) is 0 Å². The zero-order valence-corrected chi connectivity index (χ0v) is 25.0. The van der Waals surface area contributed by atoms with Crippen molar-refractivity contribution in [1.29, 1.82) is 0 Å². The third-order valence-electron chi connectivity index (χ3n) is 8.76. The van der Waals surface area contributed by atoms with Crippen molar-refractivity contribution in [2.45, 2.75) is 45.5 Å². The summed E-state index contributed by atoms with van der Waals surface area (Å²) in [5.41, 5.74) is 2.46. The molecule has 1 fully saturated rings. The van der Waals surface area contributed by atoms with Crippen LogP contribution in [-0.4, -0.2) is 70.0 Å². The number of aromatic amines is 1. The Balaban J connectivity index is 1.17. The molecule has 1 atom stereocenters. The number of anilines is 1. The molecule has 8 nitrogen and oxygen atoms in total. The van der Waals surface area contributed by atoms with Crippen LogP contribution in [0.25, 0.3) is 11.0 Å². The van der Waals surface area contributed by atoms with Crippen LogP contribution < -0.4 is 10.1 Å². The maximum Gasteiger partial charge on any atom is 0.416 e. The van der Waals surface area contributed by atoms with Crippen LogP contribution in [0.1, 0.15) is 48.4 Å². The van der Waals surface area contributed by atoms with Gasteiger partial charge < -0.3 is 24.8 Å². The van der Waals surface area contributed by atoms with Crippen LogP contribution in [-0.2, 0) is 19.3 Å². The van der Waals surface area contributed by atoms with Crippen LogP contribution in [0.4, 0.5) is 23.7 Å². The standard InChI is InChI=1S/C33H37F3N6O2/c1-3-22-20-42(21-24-17-26(7-8-27(22)24)44-30-10-12-38-31-28(30)9-11-37-31)32(43)39-25-6-5-23(29(18-25)33(34,35)36)19-41-15-13-40(4-2)14-16-41/h5-12,17-18,22H,3-4,13-16,19-21H2,1-2H3,(H,37,38)(H,39,43). The Morgan fingerprint density at radius 3 is 2.59 bits per heavy atom. The molecule has 2 aliphatic heterocycles. The summed E-state index contributed by atoms with van der Waals surface area (Å²) < 4.78 is 48.7. The second-order valence-electron chi connectivity index (χ2n) is 11.5. The predicted octanol–water partition coefficient (Wildman–Crippen LogP) is 7.05. The first-order valence-corrected chi connectivity index (χ1v) is 15.1. The van der Waals surface area contributed by atoms with Gasteiger partial charge in [-0.2, -0.15) is 13.2 Å². The summed E-state index contributed by atoms with van der Waals surface area (Å²) in [7, 11) is 0. The molecular weight excluding hydrogens is 569 g/mol. The highest BCUT2D eigenvalue weighted by atomic mass is 19.4. The summed E-state index contributed by atoms with van der Waals surface area (Å²) in [6.07, 6.45) is -0.240. The average molecular weight is 607 g/mol. The molecule has 0 radical (unpaired) electrons. The number of halogens is 3. The summed E-state index contributed by atoms with van der Waals surface area (Å²) in [5, 5.41) is 3.60. The highest BCUT2D eigenvalue weighted by molar-refractivity contribution is 5.90. The number of hydrogen-bond acceptors (Lipinski definition) is 5. The quantitative estimate of drug-likeness (QED) is 0.236. The fourth-order valence-electron chi connectivity index (χ4n) is 6.23. The van der Waals surface area contributed by atoms with Gasteiger partial charge in [-0.15, -0.1) is 0 Å². The predicted molar refractivity (Wildman–Crippen MR) is 164 cm³/mol. The molecule has 2 N–H and O–H groups in total. The Bertz CT molecular complexity index is 1630. The second kappa shape index (κ2) is 12.5. The first-order valence-electron chi connectivity index (χ1n) is 15.1. The number of rotatable bonds is 7. The number of hydrogen-bond donors (Lipinski definition) is 2. The smallest absolute Gasteiger partial charge is 0.416 e. The number of amides is 2.